The van der Waals surface area contributed by atoms with Gasteiger partial charge in [0.25, 0.3) is 0 Å². The highest BCUT2D eigenvalue weighted by atomic mass is 32.2. The maximum absolute atomic E-state index is 12.2. The van der Waals surface area contributed by atoms with Crippen molar-refractivity contribution in [2.75, 3.05) is 6.54 Å². The molecular formula is C18H19N3O4S2. The third-order valence-electron chi connectivity index (χ3n) is 3.94. The van der Waals surface area contributed by atoms with Crippen LogP contribution in [0, 0.1) is 6.92 Å². The molecule has 0 aliphatic heterocycles. The number of benzene rings is 1. The lowest BCUT2D eigenvalue weighted by Gasteiger charge is -2.05. The van der Waals surface area contributed by atoms with Gasteiger partial charge in [0, 0.05) is 6.54 Å². The van der Waals surface area contributed by atoms with Gasteiger partial charge in [0.1, 0.15) is 5.76 Å². The smallest absolute Gasteiger partial charge is 0.238 e. The van der Waals surface area contributed by atoms with Crippen LogP contribution in [-0.2, 0) is 27.7 Å². The van der Waals surface area contributed by atoms with Gasteiger partial charge in [-0.2, -0.15) is 0 Å². The molecule has 0 unspecified atom stereocenters. The highest BCUT2D eigenvalue weighted by Crippen LogP contribution is 2.26. The van der Waals surface area contributed by atoms with Gasteiger partial charge >= 0.3 is 0 Å². The summed E-state index contributed by atoms with van der Waals surface area (Å²) >= 11 is 1.53. The van der Waals surface area contributed by atoms with Crippen LogP contribution in [0.4, 0.5) is 0 Å². The van der Waals surface area contributed by atoms with Crippen LogP contribution in [0.3, 0.4) is 0 Å². The summed E-state index contributed by atoms with van der Waals surface area (Å²) in [4.78, 5) is 17.5. The molecule has 2 heterocycles. The minimum Gasteiger partial charge on any atom is -0.440 e. The molecule has 3 N–H and O–H groups in total. The van der Waals surface area contributed by atoms with Gasteiger partial charge < -0.3 is 9.73 Å². The van der Waals surface area contributed by atoms with Gasteiger partial charge in [-0.3, -0.25) is 4.79 Å². The average molecular weight is 406 g/mol. The Bertz CT molecular complexity index is 1020. The van der Waals surface area contributed by atoms with E-state index in [1.54, 1.807) is 19.1 Å². The molecule has 3 aromatic rings. The first-order valence-corrected chi connectivity index (χ1v) is 10.6. The molecule has 7 nitrogen and oxygen atoms in total. The summed E-state index contributed by atoms with van der Waals surface area (Å²) in [5, 5.41) is 9.84. The topological polar surface area (TPSA) is 115 Å². The molecule has 0 saturated carbocycles. The molecule has 1 amide bonds. The molecule has 0 aliphatic rings. The van der Waals surface area contributed by atoms with Crippen molar-refractivity contribution in [3.05, 3.63) is 58.8 Å². The summed E-state index contributed by atoms with van der Waals surface area (Å²) in [5.41, 5.74) is 1.52. The number of hydrogen-bond acceptors (Lipinski definition) is 6. The second kappa shape index (κ2) is 8.03. The molecule has 0 radical (unpaired) electrons. The monoisotopic (exact) mass is 405 g/mol. The predicted octanol–water partition coefficient (Wildman–Crippen LogP) is 2.26. The van der Waals surface area contributed by atoms with Gasteiger partial charge in [-0.1, -0.05) is 18.2 Å². The van der Waals surface area contributed by atoms with Crippen LogP contribution in [-0.4, -0.2) is 25.9 Å². The lowest BCUT2D eigenvalue weighted by Crippen LogP contribution is -2.27. The second-order valence-corrected chi connectivity index (χ2v) is 8.47. The summed E-state index contributed by atoms with van der Waals surface area (Å²) in [5.74, 6) is 1.01. The number of carbonyl (C=O) groups is 1. The molecule has 0 spiro atoms. The molecule has 0 aliphatic carbocycles. The van der Waals surface area contributed by atoms with Crippen LogP contribution in [0.25, 0.3) is 10.8 Å². The van der Waals surface area contributed by atoms with Gasteiger partial charge in [-0.15, -0.1) is 11.3 Å². The summed E-state index contributed by atoms with van der Waals surface area (Å²) in [7, 11) is -3.69. The van der Waals surface area contributed by atoms with E-state index in [-0.39, 0.29) is 17.2 Å². The van der Waals surface area contributed by atoms with Crippen LogP contribution in [0.5, 0.6) is 0 Å². The first-order chi connectivity index (χ1) is 12.8. The molecule has 0 saturated heterocycles. The molecule has 0 atom stereocenters. The molecule has 1 aromatic carbocycles. The Hall–Kier alpha value is -2.49. The first-order valence-electron chi connectivity index (χ1n) is 8.21. The molecule has 0 fully saturated rings. The largest absolute Gasteiger partial charge is 0.440 e. The number of carbonyl (C=O) groups excluding carboxylic acids is 1. The lowest BCUT2D eigenvalue weighted by atomic mass is 10.1. The summed E-state index contributed by atoms with van der Waals surface area (Å²) in [6.45, 7) is 2.22. The molecule has 27 heavy (non-hydrogen) atoms. The van der Waals surface area contributed by atoms with Crippen molar-refractivity contribution < 1.29 is 17.6 Å². The van der Waals surface area contributed by atoms with E-state index in [0.717, 1.165) is 10.4 Å². The minimum atomic E-state index is -3.69. The van der Waals surface area contributed by atoms with E-state index in [1.807, 2.05) is 17.5 Å². The zero-order valence-corrected chi connectivity index (χ0v) is 16.3. The number of nitrogens with two attached hydrogens (primary N) is 1. The number of thiophene rings is 1. The number of hydrogen-bond donors (Lipinski definition) is 2. The second-order valence-electron chi connectivity index (χ2n) is 5.96. The van der Waals surface area contributed by atoms with Gasteiger partial charge in [0.2, 0.25) is 21.8 Å². The fourth-order valence-corrected chi connectivity index (χ4v) is 3.67. The number of aromatic nitrogens is 1. The number of nitrogens with one attached hydrogen (secondary N) is 1. The number of nitrogens with zero attached hydrogens (tertiary/aromatic N) is 1. The normalized spacial score (nSPS) is 11.5. The number of sulfonamides is 1. The van der Waals surface area contributed by atoms with E-state index in [4.69, 9.17) is 9.56 Å². The Morgan fingerprint density at radius 2 is 2.00 bits per heavy atom. The van der Waals surface area contributed by atoms with Crippen LogP contribution >= 0.6 is 11.3 Å². The molecule has 3 rings (SSSR count). The third kappa shape index (κ3) is 5.03. The van der Waals surface area contributed by atoms with Crippen molar-refractivity contribution in [1.82, 2.24) is 10.3 Å². The number of primary sulfonamides is 1. The number of amides is 1. The van der Waals surface area contributed by atoms with E-state index in [1.165, 1.54) is 23.5 Å². The van der Waals surface area contributed by atoms with E-state index in [0.29, 0.717) is 30.3 Å². The van der Waals surface area contributed by atoms with E-state index in [2.05, 4.69) is 10.3 Å². The Morgan fingerprint density at radius 1 is 1.26 bits per heavy atom. The number of rotatable bonds is 7. The Balaban J connectivity index is 1.52. The fraction of sp³-hybridized carbons (Fsp3) is 0.222. The van der Waals surface area contributed by atoms with Crippen LogP contribution in [0.1, 0.15) is 17.0 Å². The van der Waals surface area contributed by atoms with Crippen molar-refractivity contribution >= 4 is 27.3 Å². The van der Waals surface area contributed by atoms with Gasteiger partial charge in [-0.25, -0.2) is 18.5 Å². The number of oxazole rings is 1. The summed E-state index contributed by atoms with van der Waals surface area (Å²) < 4.78 is 28.1. The highest BCUT2D eigenvalue weighted by Gasteiger charge is 2.15. The van der Waals surface area contributed by atoms with Crippen molar-refractivity contribution in [1.29, 1.82) is 0 Å². The highest BCUT2D eigenvalue weighted by molar-refractivity contribution is 7.89. The summed E-state index contributed by atoms with van der Waals surface area (Å²) in [6, 6.07) is 10.1. The lowest BCUT2D eigenvalue weighted by molar-refractivity contribution is -0.120. The zero-order chi connectivity index (χ0) is 19.4. The van der Waals surface area contributed by atoms with Gasteiger partial charge in [0.15, 0.2) is 0 Å². The van der Waals surface area contributed by atoms with Crippen molar-refractivity contribution in [3.8, 4) is 10.8 Å². The van der Waals surface area contributed by atoms with E-state index >= 15 is 0 Å². The Kier molecular flexibility index (Phi) is 5.73. The minimum absolute atomic E-state index is 0.0679. The third-order valence-corrected chi connectivity index (χ3v) is 5.73. The van der Waals surface area contributed by atoms with E-state index < -0.39 is 10.0 Å². The average Bonchev–Trinajstić information content (AvgIpc) is 3.25. The number of aryl methyl sites for hydroxylation is 1. The maximum atomic E-state index is 12.2. The van der Waals surface area contributed by atoms with Gasteiger partial charge in [-0.05, 0) is 42.5 Å². The molecule has 9 heteroatoms. The standard InChI is InChI=1S/C18H19N3O4S2/c1-12-15(21-18(25-12)16-3-2-10-26-16)11-17(22)20-9-8-13-4-6-14(7-5-13)27(19,23)24/h2-7,10H,8-9,11H2,1H3,(H,20,22)(H2,19,23,24). The zero-order valence-electron chi connectivity index (χ0n) is 14.6. The van der Waals surface area contributed by atoms with Crippen LogP contribution in [0.15, 0.2) is 51.1 Å². The van der Waals surface area contributed by atoms with Gasteiger partial charge in [0.05, 0.1) is 21.9 Å². The van der Waals surface area contributed by atoms with Crippen molar-refractivity contribution in [2.45, 2.75) is 24.7 Å². The fourth-order valence-electron chi connectivity index (χ4n) is 2.50. The summed E-state index contributed by atoms with van der Waals surface area (Å²) in [6.07, 6.45) is 0.722. The van der Waals surface area contributed by atoms with Crippen molar-refractivity contribution in [3.63, 3.8) is 0 Å². The van der Waals surface area contributed by atoms with Crippen molar-refractivity contribution in [2.24, 2.45) is 5.14 Å². The molecule has 2 aromatic heterocycles. The molecular weight excluding hydrogens is 386 g/mol. The first kappa shape index (κ1) is 19.3. The van der Waals surface area contributed by atoms with E-state index in [9.17, 15) is 13.2 Å². The Morgan fingerprint density at radius 3 is 2.63 bits per heavy atom. The van der Waals surface area contributed by atoms with Crippen LogP contribution in [0.2, 0.25) is 0 Å². The van der Waals surface area contributed by atoms with Crippen LogP contribution < -0.4 is 10.5 Å². The quantitative estimate of drug-likeness (QED) is 0.626. The predicted molar refractivity (Wildman–Crippen MR) is 103 cm³/mol. The molecule has 142 valence electrons. The molecule has 0 bridgehead atoms. The SMILES string of the molecule is Cc1oc(-c2cccs2)nc1CC(=O)NCCc1ccc(S(N)(=O)=O)cc1. The Labute approximate surface area is 161 Å². The maximum Gasteiger partial charge on any atom is 0.238 e.